The molecule has 0 aliphatic carbocycles. The number of hydrogen-bond acceptors (Lipinski definition) is 6. The van der Waals surface area contributed by atoms with Gasteiger partial charge in [-0.05, 0) is 45.0 Å². The molecule has 0 radical (unpaired) electrons. The first-order valence-electron chi connectivity index (χ1n) is 9.83. The molecule has 0 aromatic heterocycles. The Morgan fingerprint density at radius 3 is 2.55 bits per heavy atom. The van der Waals surface area contributed by atoms with Gasteiger partial charge >= 0.3 is 0 Å². The van der Waals surface area contributed by atoms with Crippen molar-refractivity contribution in [3.63, 3.8) is 0 Å². The van der Waals surface area contributed by atoms with E-state index in [4.69, 9.17) is 9.47 Å². The highest BCUT2D eigenvalue weighted by atomic mass is 32.2. The predicted molar refractivity (Wildman–Crippen MR) is 114 cm³/mol. The average Bonchev–Trinajstić information content (AvgIpc) is 2.68. The summed E-state index contributed by atoms with van der Waals surface area (Å²) < 4.78 is 38.0. The molecule has 0 saturated heterocycles. The Labute approximate surface area is 174 Å². The number of nitrogens with zero attached hydrogens (tertiary/aromatic N) is 2. The number of rotatable bonds is 4. The quantitative estimate of drug-likeness (QED) is 0.789. The van der Waals surface area contributed by atoms with Crippen LogP contribution in [0, 0.1) is 5.92 Å². The van der Waals surface area contributed by atoms with Gasteiger partial charge in [0, 0.05) is 39.0 Å². The maximum absolute atomic E-state index is 13.2. The monoisotopic (exact) mass is 427 g/mol. The Hall–Kier alpha value is -1.84. The van der Waals surface area contributed by atoms with Gasteiger partial charge in [-0.25, -0.2) is 8.42 Å². The molecule has 1 amide bonds. The van der Waals surface area contributed by atoms with Crippen molar-refractivity contribution >= 4 is 21.6 Å². The highest BCUT2D eigenvalue weighted by Gasteiger charge is 2.27. The van der Waals surface area contributed by atoms with Crippen molar-refractivity contribution in [3.05, 3.63) is 23.8 Å². The average molecular weight is 428 g/mol. The van der Waals surface area contributed by atoms with Gasteiger partial charge in [0.1, 0.15) is 12.4 Å². The molecule has 9 heteroatoms. The molecule has 1 N–H and O–H groups in total. The van der Waals surface area contributed by atoms with Crippen molar-refractivity contribution in [1.29, 1.82) is 0 Å². The summed E-state index contributed by atoms with van der Waals surface area (Å²) >= 11 is 0. The molecule has 29 heavy (non-hydrogen) atoms. The minimum Gasteiger partial charge on any atom is -0.491 e. The summed E-state index contributed by atoms with van der Waals surface area (Å²) in [5.41, 5.74) is 0.659. The molecule has 1 aromatic carbocycles. The molecule has 2 rings (SSSR count). The molecule has 0 fully saturated rings. The zero-order valence-electron chi connectivity index (χ0n) is 18.1. The second-order valence-electron chi connectivity index (χ2n) is 7.75. The lowest BCUT2D eigenvalue weighted by molar-refractivity contribution is 0.0150. The van der Waals surface area contributed by atoms with E-state index in [1.165, 1.54) is 6.07 Å². The van der Waals surface area contributed by atoms with Crippen LogP contribution >= 0.6 is 0 Å². The first-order chi connectivity index (χ1) is 13.6. The summed E-state index contributed by atoms with van der Waals surface area (Å²) in [4.78, 5) is 17.0. The third-order valence-electron chi connectivity index (χ3n) is 5.41. The minimum atomic E-state index is -3.45. The van der Waals surface area contributed by atoms with Crippen molar-refractivity contribution in [2.75, 3.05) is 51.4 Å². The Morgan fingerprint density at radius 1 is 1.24 bits per heavy atom. The van der Waals surface area contributed by atoms with Crippen molar-refractivity contribution in [2.24, 2.45) is 5.92 Å². The van der Waals surface area contributed by atoms with Gasteiger partial charge in [-0.15, -0.1) is 0 Å². The lowest BCUT2D eigenvalue weighted by atomic mass is 10.0. The number of nitrogens with one attached hydrogen (secondary N) is 1. The maximum Gasteiger partial charge on any atom is 0.257 e. The smallest absolute Gasteiger partial charge is 0.257 e. The number of benzene rings is 1. The van der Waals surface area contributed by atoms with E-state index in [0.29, 0.717) is 30.2 Å². The van der Waals surface area contributed by atoms with Crippen molar-refractivity contribution < 1.29 is 22.7 Å². The standard InChI is InChI=1S/C20H33N3O5S/c1-7-29(25,26)21-16-8-9-18-17(10-16)20(24)23(5)12-19(27-6)14(2)11-22(4)15(3)13-28-18/h8-10,14-15,19,21H,7,11-13H2,1-6H3/t14-,15+,19+/m1/s1. The minimum absolute atomic E-state index is 0.0499. The van der Waals surface area contributed by atoms with E-state index in [0.717, 1.165) is 6.54 Å². The molecule has 0 unspecified atom stereocenters. The van der Waals surface area contributed by atoms with Crippen LogP contribution in [-0.4, -0.2) is 82.9 Å². The maximum atomic E-state index is 13.2. The van der Waals surface area contributed by atoms with E-state index >= 15 is 0 Å². The highest BCUT2D eigenvalue weighted by molar-refractivity contribution is 7.92. The fourth-order valence-electron chi connectivity index (χ4n) is 3.27. The van der Waals surface area contributed by atoms with Crippen LogP contribution in [0.1, 0.15) is 31.1 Å². The van der Waals surface area contributed by atoms with Gasteiger partial charge in [0.05, 0.1) is 17.4 Å². The van der Waals surface area contributed by atoms with Gasteiger partial charge in [0.15, 0.2) is 0 Å². The van der Waals surface area contributed by atoms with E-state index in [1.54, 1.807) is 38.1 Å². The zero-order chi connectivity index (χ0) is 21.8. The molecule has 8 nitrogen and oxygen atoms in total. The number of fused-ring (bicyclic) bond motifs is 1. The van der Waals surface area contributed by atoms with E-state index < -0.39 is 10.0 Å². The fourth-order valence-corrected chi connectivity index (χ4v) is 3.90. The Bertz CT molecular complexity index is 814. The zero-order valence-corrected chi connectivity index (χ0v) is 19.0. The van der Waals surface area contributed by atoms with Crippen LogP contribution in [0.3, 0.4) is 0 Å². The molecule has 1 heterocycles. The third-order valence-corrected chi connectivity index (χ3v) is 6.72. The van der Waals surface area contributed by atoms with Gasteiger partial charge in [-0.2, -0.15) is 0 Å². The second-order valence-corrected chi connectivity index (χ2v) is 9.76. The normalized spacial score (nSPS) is 24.8. The highest BCUT2D eigenvalue weighted by Crippen LogP contribution is 2.26. The summed E-state index contributed by atoms with van der Waals surface area (Å²) in [7, 11) is 1.96. The number of anilines is 1. The third kappa shape index (κ3) is 6.07. The summed E-state index contributed by atoms with van der Waals surface area (Å²) in [5, 5.41) is 0. The Morgan fingerprint density at radius 2 is 1.93 bits per heavy atom. The lowest BCUT2D eigenvalue weighted by Crippen LogP contribution is -2.45. The molecule has 0 bridgehead atoms. The van der Waals surface area contributed by atoms with E-state index in [-0.39, 0.29) is 29.7 Å². The topological polar surface area (TPSA) is 88.2 Å². The van der Waals surface area contributed by atoms with Crippen molar-refractivity contribution in [3.8, 4) is 5.75 Å². The molecule has 0 saturated carbocycles. The SMILES string of the molecule is CCS(=O)(=O)Nc1ccc2c(c1)C(=O)N(C)C[C@H](OC)[C@H](C)CN(C)[C@@H](C)CO2. The van der Waals surface area contributed by atoms with Gasteiger partial charge in [-0.3, -0.25) is 14.4 Å². The molecule has 3 atom stereocenters. The molecule has 164 valence electrons. The van der Waals surface area contributed by atoms with E-state index in [1.807, 2.05) is 7.05 Å². The molecule has 1 aliphatic rings. The summed E-state index contributed by atoms with van der Waals surface area (Å²) in [6.07, 6.45) is -0.121. The Balaban J connectivity index is 2.43. The van der Waals surface area contributed by atoms with Gasteiger partial charge in [0.2, 0.25) is 10.0 Å². The Kier molecular flexibility index (Phi) is 7.90. The number of likely N-dealkylation sites (N-methyl/N-ethyl adjacent to an activating group) is 2. The number of sulfonamides is 1. The second kappa shape index (κ2) is 9.77. The van der Waals surface area contributed by atoms with Crippen LogP contribution in [0.2, 0.25) is 0 Å². The van der Waals surface area contributed by atoms with Crippen LogP contribution in [0.15, 0.2) is 18.2 Å². The summed E-state index contributed by atoms with van der Waals surface area (Å²) in [6, 6.07) is 4.92. The molecular formula is C20H33N3O5S. The lowest BCUT2D eigenvalue weighted by Gasteiger charge is -2.34. The van der Waals surface area contributed by atoms with E-state index in [9.17, 15) is 13.2 Å². The summed E-state index contributed by atoms with van der Waals surface area (Å²) in [5.74, 6) is 0.355. The largest absolute Gasteiger partial charge is 0.491 e. The predicted octanol–water partition coefficient (Wildman–Crippen LogP) is 1.88. The first-order valence-corrected chi connectivity index (χ1v) is 11.5. The van der Waals surface area contributed by atoms with Crippen LogP contribution in [0.25, 0.3) is 0 Å². The van der Waals surface area contributed by atoms with Gasteiger partial charge < -0.3 is 14.4 Å². The number of carbonyl (C=O) groups is 1. The molecule has 0 spiro atoms. The van der Waals surface area contributed by atoms with Crippen LogP contribution < -0.4 is 9.46 Å². The first kappa shape index (κ1) is 23.4. The van der Waals surface area contributed by atoms with Crippen molar-refractivity contribution in [2.45, 2.75) is 32.9 Å². The summed E-state index contributed by atoms with van der Waals surface area (Å²) in [6.45, 7) is 7.37. The van der Waals surface area contributed by atoms with Crippen molar-refractivity contribution in [1.82, 2.24) is 9.80 Å². The van der Waals surface area contributed by atoms with Crippen LogP contribution in [0.5, 0.6) is 5.75 Å². The van der Waals surface area contributed by atoms with Gasteiger partial charge in [0.25, 0.3) is 5.91 Å². The number of methoxy groups -OCH3 is 1. The molecule has 1 aromatic rings. The number of hydrogen-bond donors (Lipinski definition) is 1. The molecule has 1 aliphatic heterocycles. The number of amides is 1. The van der Waals surface area contributed by atoms with Crippen LogP contribution in [-0.2, 0) is 14.8 Å². The fraction of sp³-hybridized carbons (Fsp3) is 0.650. The number of carbonyl (C=O) groups excluding carboxylic acids is 1. The molecular weight excluding hydrogens is 394 g/mol. The van der Waals surface area contributed by atoms with Gasteiger partial charge in [-0.1, -0.05) is 6.92 Å². The van der Waals surface area contributed by atoms with E-state index in [2.05, 4.69) is 23.5 Å². The van der Waals surface area contributed by atoms with Crippen LogP contribution in [0.4, 0.5) is 5.69 Å². The number of ether oxygens (including phenoxy) is 2.